The normalized spacial score (nSPS) is 10.6. The Morgan fingerprint density at radius 3 is 2.71 bits per heavy atom. The Balaban J connectivity index is 1.39. The molecule has 2 aromatic carbocycles. The van der Waals surface area contributed by atoms with Crippen molar-refractivity contribution in [2.75, 3.05) is 13.2 Å². The predicted octanol–water partition coefficient (Wildman–Crippen LogP) is 3.95. The molecule has 0 fully saturated rings. The van der Waals surface area contributed by atoms with Crippen LogP contribution in [-0.2, 0) is 16.1 Å². The van der Waals surface area contributed by atoms with E-state index in [4.69, 9.17) is 9.47 Å². The van der Waals surface area contributed by atoms with Crippen molar-refractivity contribution >= 4 is 33.4 Å². The van der Waals surface area contributed by atoms with Crippen LogP contribution >= 0.6 is 11.3 Å². The molecule has 1 heterocycles. The first kappa shape index (κ1) is 19.8. The van der Waals surface area contributed by atoms with Gasteiger partial charge >= 0.3 is 5.97 Å². The molecule has 0 unspecified atom stereocenters. The molecule has 0 atom stereocenters. The van der Waals surface area contributed by atoms with Crippen LogP contribution in [0.1, 0.15) is 35.1 Å². The number of para-hydroxylation sites is 2. The third kappa shape index (κ3) is 5.29. The molecule has 0 spiro atoms. The van der Waals surface area contributed by atoms with Gasteiger partial charge in [0.15, 0.2) is 0 Å². The second-order valence-corrected chi connectivity index (χ2v) is 7.14. The van der Waals surface area contributed by atoms with Gasteiger partial charge in [-0.1, -0.05) is 24.3 Å². The number of carbonyl (C=O) groups excluding carboxylic acids is 2. The topological polar surface area (TPSA) is 77.5 Å². The number of nitrogens with one attached hydrogen (secondary N) is 1. The molecule has 0 saturated carbocycles. The monoisotopic (exact) mass is 398 g/mol. The number of esters is 1. The Bertz CT molecular complexity index is 921. The van der Waals surface area contributed by atoms with Crippen molar-refractivity contribution in [1.29, 1.82) is 0 Å². The molecular weight excluding hydrogens is 376 g/mol. The number of rotatable bonds is 9. The van der Waals surface area contributed by atoms with Gasteiger partial charge in [0.25, 0.3) is 5.91 Å². The lowest BCUT2D eigenvalue weighted by Gasteiger charge is -2.10. The SMILES string of the molecule is CCOc1ccccc1C(=O)NCCCC(=O)OCc1nc2ccccc2s1. The molecular formula is C21H22N2O4S. The summed E-state index contributed by atoms with van der Waals surface area (Å²) in [5.74, 6) is 0.0351. The van der Waals surface area contributed by atoms with E-state index in [9.17, 15) is 9.59 Å². The molecule has 146 valence electrons. The summed E-state index contributed by atoms with van der Waals surface area (Å²) in [6, 6.07) is 14.9. The van der Waals surface area contributed by atoms with E-state index >= 15 is 0 Å². The molecule has 1 amide bonds. The third-order valence-electron chi connectivity index (χ3n) is 3.97. The van der Waals surface area contributed by atoms with Gasteiger partial charge in [-0.15, -0.1) is 11.3 Å². The van der Waals surface area contributed by atoms with Crippen molar-refractivity contribution in [3.05, 3.63) is 59.1 Å². The van der Waals surface area contributed by atoms with Gasteiger partial charge in [-0.2, -0.15) is 0 Å². The zero-order chi connectivity index (χ0) is 19.8. The van der Waals surface area contributed by atoms with Crippen molar-refractivity contribution < 1.29 is 19.1 Å². The summed E-state index contributed by atoms with van der Waals surface area (Å²) >= 11 is 1.52. The molecule has 0 aliphatic carbocycles. The predicted molar refractivity (Wildman–Crippen MR) is 109 cm³/mol. The van der Waals surface area contributed by atoms with E-state index in [-0.39, 0.29) is 24.9 Å². The summed E-state index contributed by atoms with van der Waals surface area (Å²) in [6.07, 6.45) is 0.736. The highest BCUT2D eigenvalue weighted by Gasteiger charge is 2.12. The fraction of sp³-hybridized carbons (Fsp3) is 0.286. The minimum atomic E-state index is -0.303. The second kappa shape index (κ2) is 9.85. The summed E-state index contributed by atoms with van der Waals surface area (Å²) in [7, 11) is 0. The lowest BCUT2D eigenvalue weighted by Crippen LogP contribution is -2.25. The fourth-order valence-corrected chi connectivity index (χ4v) is 3.54. The summed E-state index contributed by atoms with van der Waals surface area (Å²) in [5, 5.41) is 3.58. The van der Waals surface area contributed by atoms with Crippen molar-refractivity contribution in [2.24, 2.45) is 0 Å². The molecule has 1 aromatic heterocycles. The minimum Gasteiger partial charge on any atom is -0.493 e. The molecule has 7 heteroatoms. The minimum absolute atomic E-state index is 0.173. The Kier molecular flexibility index (Phi) is 6.97. The maximum atomic E-state index is 12.3. The van der Waals surface area contributed by atoms with E-state index in [0.717, 1.165) is 15.2 Å². The van der Waals surface area contributed by atoms with E-state index in [1.54, 1.807) is 18.2 Å². The Hall–Kier alpha value is -2.93. The van der Waals surface area contributed by atoms with Crippen LogP contribution in [0.3, 0.4) is 0 Å². The number of ether oxygens (including phenoxy) is 2. The third-order valence-corrected chi connectivity index (χ3v) is 4.98. The Morgan fingerprint density at radius 2 is 1.89 bits per heavy atom. The number of thiazole rings is 1. The number of fused-ring (bicyclic) bond motifs is 1. The average Bonchev–Trinajstić information content (AvgIpc) is 3.13. The number of hydrogen-bond acceptors (Lipinski definition) is 6. The summed E-state index contributed by atoms with van der Waals surface area (Å²) in [6.45, 7) is 2.92. The van der Waals surface area contributed by atoms with Crippen LogP contribution in [-0.4, -0.2) is 30.0 Å². The zero-order valence-electron chi connectivity index (χ0n) is 15.6. The zero-order valence-corrected chi connectivity index (χ0v) is 16.5. The maximum absolute atomic E-state index is 12.3. The quantitative estimate of drug-likeness (QED) is 0.436. The summed E-state index contributed by atoms with van der Waals surface area (Å²) < 4.78 is 11.8. The Morgan fingerprint density at radius 1 is 1.11 bits per heavy atom. The molecule has 0 aliphatic heterocycles. The van der Waals surface area contributed by atoms with E-state index < -0.39 is 0 Å². The van der Waals surface area contributed by atoms with Crippen LogP contribution in [0.5, 0.6) is 5.75 Å². The van der Waals surface area contributed by atoms with Crippen molar-refractivity contribution in [1.82, 2.24) is 10.3 Å². The van der Waals surface area contributed by atoms with Gasteiger partial charge in [-0.25, -0.2) is 4.98 Å². The average molecular weight is 398 g/mol. The van der Waals surface area contributed by atoms with Crippen LogP contribution < -0.4 is 10.1 Å². The van der Waals surface area contributed by atoms with E-state index in [1.807, 2.05) is 37.3 Å². The van der Waals surface area contributed by atoms with Crippen molar-refractivity contribution in [3.8, 4) is 5.75 Å². The molecule has 0 aliphatic rings. The van der Waals surface area contributed by atoms with Crippen LogP contribution in [0.25, 0.3) is 10.2 Å². The standard InChI is InChI=1S/C21H22N2O4S/c1-2-26-17-10-5-3-8-15(17)21(25)22-13-7-12-20(24)27-14-19-23-16-9-4-6-11-18(16)28-19/h3-6,8-11H,2,7,12-14H2,1H3,(H,22,25). The molecule has 3 aromatic rings. The van der Waals surface area contributed by atoms with E-state index in [1.165, 1.54) is 11.3 Å². The molecule has 0 bridgehead atoms. The number of nitrogens with zero attached hydrogens (tertiary/aromatic N) is 1. The number of hydrogen-bond donors (Lipinski definition) is 1. The molecule has 6 nitrogen and oxygen atoms in total. The lowest BCUT2D eigenvalue weighted by molar-refractivity contribution is -0.145. The maximum Gasteiger partial charge on any atom is 0.306 e. The fourth-order valence-electron chi connectivity index (χ4n) is 2.66. The highest BCUT2D eigenvalue weighted by Crippen LogP contribution is 2.22. The largest absolute Gasteiger partial charge is 0.493 e. The van der Waals surface area contributed by atoms with Gasteiger partial charge in [-0.3, -0.25) is 9.59 Å². The number of benzene rings is 2. The highest BCUT2D eigenvalue weighted by atomic mass is 32.1. The van der Waals surface area contributed by atoms with Gasteiger partial charge in [-0.05, 0) is 37.6 Å². The van der Waals surface area contributed by atoms with Gasteiger partial charge in [0.2, 0.25) is 0 Å². The van der Waals surface area contributed by atoms with Crippen LogP contribution in [0.2, 0.25) is 0 Å². The first-order valence-electron chi connectivity index (χ1n) is 9.17. The van der Waals surface area contributed by atoms with Gasteiger partial charge in [0, 0.05) is 13.0 Å². The van der Waals surface area contributed by atoms with Crippen molar-refractivity contribution in [2.45, 2.75) is 26.4 Å². The number of carbonyl (C=O) groups is 2. The van der Waals surface area contributed by atoms with E-state index in [0.29, 0.717) is 30.9 Å². The number of aromatic nitrogens is 1. The Labute approximate surface area is 167 Å². The lowest BCUT2D eigenvalue weighted by atomic mass is 10.2. The second-order valence-electron chi connectivity index (χ2n) is 6.02. The van der Waals surface area contributed by atoms with E-state index in [2.05, 4.69) is 10.3 Å². The smallest absolute Gasteiger partial charge is 0.306 e. The first-order chi connectivity index (χ1) is 13.7. The van der Waals surface area contributed by atoms with Gasteiger partial charge < -0.3 is 14.8 Å². The van der Waals surface area contributed by atoms with Gasteiger partial charge in [0.1, 0.15) is 17.4 Å². The summed E-state index contributed by atoms with van der Waals surface area (Å²) in [5.41, 5.74) is 1.40. The molecule has 1 N–H and O–H groups in total. The molecule has 28 heavy (non-hydrogen) atoms. The van der Waals surface area contributed by atoms with Crippen LogP contribution in [0.4, 0.5) is 0 Å². The molecule has 0 radical (unpaired) electrons. The van der Waals surface area contributed by atoms with Crippen molar-refractivity contribution in [3.63, 3.8) is 0 Å². The molecule has 0 saturated heterocycles. The highest BCUT2D eigenvalue weighted by molar-refractivity contribution is 7.18. The van der Waals surface area contributed by atoms with Crippen LogP contribution in [0, 0.1) is 0 Å². The summed E-state index contributed by atoms with van der Waals surface area (Å²) in [4.78, 5) is 28.6. The van der Waals surface area contributed by atoms with Gasteiger partial charge in [0.05, 0.1) is 22.4 Å². The first-order valence-corrected chi connectivity index (χ1v) is 9.99. The van der Waals surface area contributed by atoms with Crippen LogP contribution in [0.15, 0.2) is 48.5 Å². The molecule has 3 rings (SSSR count). The number of amides is 1.